The Hall–Kier alpha value is -1.56. The molecule has 17 heavy (non-hydrogen) atoms. The van der Waals surface area contributed by atoms with Gasteiger partial charge in [-0.1, -0.05) is 61.0 Å². The number of allylic oxidation sites excluding steroid dienone is 2. The van der Waals surface area contributed by atoms with E-state index in [1.54, 1.807) is 0 Å². The van der Waals surface area contributed by atoms with Gasteiger partial charge < -0.3 is 0 Å². The van der Waals surface area contributed by atoms with Gasteiger partial charge in [-0.25, -0.2) is 0 Å². The van der Waals surface area contributed by atoms with E-state index in [0.29, 0.717) is 5.92 Å². The van der Waals surface area contributed by atoms with E-state index in [0.717, 1.165) is 0 Å². The summed E-state index contributed by atoms with van der Waals surface area (Å²) < 4.78 is 0. The Kier molecular flexibility index (Phi) is 2.96. The van der Waals surface area contributed by atoms with Gasteiger partial charge in [0.15, 0.2) is 0 Å². The summed E-state index contributed by atoms with van der Waals surface area (Å²) in [5.74, 6) is 0.614. The van der Waals surface area contributed by atoms with Crippen LogP contribution in [-0.4, -0.2) is 0 Å². The van der Waals surface area contributed by atoms with Crippen molar-refractivity contribution < 1.29 is 0 Å². The minimum Gasteiger partial charge on any atom is -0.0879 e. The van der Waals surface area contributed by atoms with Gasteiger partial charge in [0.05, 0.1) is 0 Å². The van der Waals surface area contributed by atoms with E-state index in [2.05, 4.69) is 54.6 Å². The molecule has 2 aromatic rings. The monoisotopic (exact) mass is 222 g/mol. The van der Waals surface area contributed by atoms with Gasteiger partial charge in [-0.3, -0.25) is 0 Å². The maximum Gasteiger partial charge on any atom is 0.00241 e. The van der Waals surface area contributed by atoms with Crippen LogP contribution in [-0.2, 0) is 0 Å². The fraction of sp³-hybridized carbons (Fsp3) is 0.294. The van der Waals surface area contributed by atoms with Gasteiger partial charge in [-0.15, -0.1) is 0 Å². The lowest BCUT2D eigenvalue weighted by molar-refractivity contribution is 0.667. The molecule has 0 saturated carbocycles. The summed E-state index contributed by atoms with van der Waals surface area (Å²) in [7, 11) is 0. The first-order valence-corrected chi connectivity index (χ1v) is 6.59. The second-order valence-corrected chi connectivity index (χ2v) is 4.89. The van der Waals surface area contributed by atoms with Gasteiger partial charge in [-0.05, 0) is 35.6 Å². The number of rotatable bonds is 1. The van der Waals surface area contributed by atoms with Gasteiger partial charge in [0, 0.05) is 5.92 Å². The zero-order valence-electron chi connectivity index (χ0n) is 10.1. The molecule has 0 aliphatic heterocycles. The highest BCUT2D eigenvalue weighted by Crippen LogP contribution is 2.32. The van der Waals surface area contributed by atoms with Crippen molar-refractivity contribution in [2.24, 2.45) is 0 Å². The number of hydrogen-bond donors (Lipinski definition) is 0. The molecule has 3 rings (SSSR count). The Labute approximate surface area is 103 Å². The molecule has 0 radical (unpaired) electrons. The lowest BCUT2D eigenvalue weighted by Crippen LogP contribution is -1.95. The van der Waals surface area contributed by atoms with Crippen molar-refractivity contribution in [1.82, 2.24) is 0 Å². The van der Waals surface area contributed by atoms with E-state index in [-0.39, 0.29) is 0 Å². The van der Waals surface area contributed by atoms with Crippen molar-refractivity contribution in [3.8, 4) is 0 Å². The molecule has 0 amide bonds. The van der Waals surface area contributed by atoms with E-state index < -0.39 is 0 Å². The predicted octanol–water partition coefficient (Wildman–Crippen LogP) is 5.05. The SMILES string of the molecule is C1=CC(c2cccc3ccccc23)CCCC1. The minimum atomic E-state index is 0.614. The molecule has 0 fully saturated rings. The molecule has 1 aliphatic carbocycles. The molecular weight excluding hydrogens is 204 g/mol. The van der Waals surface area contributed by atoms with Crippen molar-refractivity contribution >= 4 is 10.8 Å². The van der Waals surface area contributed by atoms with Crippen molar-refractivity contribution in [3.05, 3.63) is 60.2 Å². The molecule has 0 N–H and O–H groups in total. The molecule has 0 aromatic heterocycles. The van der Waals surface area contributed by atoms with Crippen molar-refractivity contribution in [2.75, 3.05) is 0 Å². The van der Waals surface area contributed by atoms with Gasteiger partial charge in [0.1, 0.15) is 0 Å². The van der Waals surface area contributed by atoms with Crippen molar-refractivity contribution in [2.45, 2.75) is 31.6 Å². The van der Waals surface area contributed by atoms with Gasteiger partial charge in [0.25, 0.3) is 0 Å². The quantitative estimate of drug-likeness (QED) is 0.592. The molecule has 2 aromatic carbocycles. The minimum absolute atomic E-state index is 0.614. The maximum atomic E-state index is 2.41. The highest BCUT2D eigenvalue weighted by Gasteiger charge is 2.12. The predicted molar refractivity (Wildman–Crippen MR) is 74.3 cm³/mol. The summed E-state index contributed by atoms with van der Waals surface area (Å²) >= 11 is 0. The van der Waals surface area contributed by atoms with Crippen LogP contribution in [0.1, 0.15) is 37.2 Å². The van der Waals surface area contributed by atoms with Gasteiger partial charge in [0.2, 0.25) is 0 Å². The first kappa shape index (κ1) is 10.6. The number of fused-ring (bicyclic) bond motifs is 1. The topological polar surface area (TPSA) is 0 Å². The zero-order chi connectivity index (χ0) is 11.5. The van der Waals surface area contributed by atoms with E-state index in [1.165, 1.54) is 42.0 Å². The summed E-state index contributed by atoms with van der Waals surface area (Å²) in [5, 5.41) is 2.79. The standard InChI is InChI=1S/C17H18/c1-2-4-9-14(8-3-1)17-13-7-11-15-10-5-6-12-16(15)17/h3,5-8,10-14H,1-2,4,9H2. The van der Waals surface area contributed by atoms with Crippen LogP contribution in [0, 0.1) is 0 Å². The third-order valence-corrected chi connectivity index (χ3v) is 3.73. The fourth-order valence-corrected chi connectivity index (χ4v) is 2.82. The summed E-state index contributed by atoms with van der Waals surface area (Å²) in [5.41, 5.74) is 1.50. The summed E-state index contributed by atoms with van der Waals surface area (Å²) in [4.78, 5) is 0. The molecule has 86 valence electrons. The lowest BCUT2D eigenvalue weighted by Gasteiger charge is -2.14. The Balaban J connectivity index is 2.09. The molecule has 1 aliphatic rings. The largest absolute Gasteiger partial charge is 0.0879 e. The van der Waals surface area contributed by atoms with E-state index in [9.17, 15) is 0 Å². The van der Waals surface area contributed by atoms with Crippen LogP contribution in [0.2, 0.25) is 0 Å². The molecule has 0 heteroatoms. The molecule has 1 atom stereocenters. The number of hydrogen-bond acceptors (Lipinski definition) is 0. The van der Waals surface area contributed by atoms with Crippen LogP contribution in [0.4, 0.5) is 0 Å². The van der Waals surface area contributed by atoms with Gasteiger partial charge in [-0.2, -0.15) is 0 Å². The summed E-state index contributed by atoms with van der Waals surface area (Å²) in [6.07, 6.45) is 10.0. The average Bonchev–Trinajstić information content (AvgIpc) is 2.67. The van der Waals surface area contributed by atoms with Crippen LogP contribution >= 0.6 is 0 Å². The second kappa shape index (κ2) is 4.75. The molecule has 0 spiro atoms. The Morgan fingerprint density at radius 1 is 0.882 bits per heavy atom. The zero-order valence-corrected chi connectivity index (χ0v) is 10.1. The molecule has 0 bridgehead atoms. The third kappa shape index (κ3) is 2.12. The molecule has 0 heterocycles. The van der Waals surface area contributed by atoms with Crippen LogP contribution in [0.15, 0.2) is 54.6 Å². The summed E-state index contributed by atoms with van der Waals surface area (Å²) in [6, 6.07) is 15.4. The second-order valence-electron chi connectivity index (χ2n) is 4.89. The maximum absolute atomic E-state index is 2.41. The van der Waals surface area contributed by atoms with E-state index in [4.69, 9.17) is 0 Å². The summed E-state index contributed by atoms with van der Waals surface area (Å²) in [6.45, 7) is 0. The normalized spacial score (nSPS) is 20.4. The average molecular weight is 222 g/mol. The van der Waals surface area contributed by atoms with Gasteiger partial charge >= 0.3 is 0 Å². The first-order valence-electron chi connectivity index (χ1n) is 6.59. The smallest absolute Gasteiger partial charge is 0.00241 e. The van der Waals surface area contributed by atoms with Crippen LogP contribution < -0.4 is 0 Å². The van der Waals surface area contributed by atoms with Crippen LogP contribution in [0.25, 0.3) is 10.8 Å². The van der Waals surface area contributed by atoms with Crippen LogP contribution in [0.3, 0.4) is 0 Å². The third-order valence-electron chi connectivity index (χ3n) is 3.73. The molecule has 0 nitrogen and oxygen atoms in total. The molecule has 0 saturated heterocycles. The Morgan fingerprint density at radius 3 is 2.76 bits per heavy atom. The van der Waals surface area contributed by atoms with Crippen molar-refractivity contribution in [3.63, 3.8) is 0 Å². The Bertz CT molecular complexity index is 531. The van der Waals surface area contributed by atoms with Crippen LogP contribution in [0.5, 0.6) is 0 Å². The lowest BCUT2D eigenvalue weighted by atomic mass is 9.90. The highest BCUT2D eigenvalue weighted by atomic mass is 14.2. The Morgan fingerprint density at radius 2 is 1.76 bits per heavy atom. The molecular formula is C17H18. The highest BCUT2D eigenvalue weighted by molar-refractivity contribution is 5.86. The van der Waals surface area contributed by atoms with E-state index in [1.807, 2.05) is 0 Å². The number of benzene rings is 2. The van der Waals surface area contributed by atoms with Crippen molar-refractivity contribution in [1.29, 1.82) is 0 Å². The first-order chi connectivity index (χ1) is 8.45. The fourth-order valence-electron chi connectivity index (χ4n) is 2.82. The van der Waals surface area contributed by atoms with E-state index >= 15 is 0 Å². The molecule has 1 unspecified atom stereocenters.